The molecule has 0 saturated heterocycles. The van der Waals surface area contributed by atoms with Gasteiger partial charge < -0.3 is 10.6 Å². The van der Waals surface area contributed by atoms with Crippen molar-refractivity contribution in [3.63, 3.8) is 0 Å². The standard InChI is InChI=1S/C13H14BrFN4/c1-3-9-12(16-2)17-7-18-13(9)19-11-5-4-8(14)6-10(11)15/h4-7H,3H2,1-2H3,(H2,16,17,18,19). The van der Waals surface area contributed by atoms with Gasteiger partial charge in [0.1, 0.15) is 23.8 Å². The van der Waals surface area contributed by atoms with Crippen LogP contribution in [0.25, 0.3) is 0 Å². The van der Waals surface area contributed by atoms with E-state index < -0.39 is 0 Å². The van der Waals surface area contributed by atoms with Crippen molar-refractivity contribution in [3.05, 3.63) is 40.4 Å². The SMILES string of the molecule is CCc1c(NC)ncnc1Nc1ccc(Br)cc1F. The van der Waals surface area contributed by atoms with Crippen LogP contribution in [0.15, 0.2) is 29.0 Å². The van der Waals surface area contributed by atoms with Crippen LogP contribution in [0.1, 0.15) is 12.5 Å². The maximum absolute atomic E-state index is 13.8. The molecule has 1 heterocycles. The minimum atomic E-state index is -0.332. The van der Waals surface area contributed by atoms with E-state index >= 15 is 0 Å². The first-order valence-electron chi connectivity index (χ1n) is 5.89. The van der Waals surface area contributed by atoms with E-state index in [0.717, 1.165) is 17.8 Å². The van der Waals surface area contributed by atoms with E-state index in [0.29, 0.717) is 16.0 Å². The van der Waals surface area contributed by atoms with Crippen LogP contribution in [0.3, 0.4) is 0 Å². The Morgan fingerprint density at radius 1 is 1.26 bits per heavy atom. The lowest BCUT2D eigenvalue weighted by Gasteiger charge is -2.13. The normalized spacial score (nSPS) is 10.3. The van der Waals surface area contributed by atoms with Crippen LogP contribution >= 0.6 is 15.9 Å². The second-order valence-corrected chi connectivity index (χ2v) is 4.82. The first-order valence-corrected chi connectivity index (χ1v) is 6.68. The summed E-state index contributed by atoms with van der Waals surface area (Å²) in [5, 5.41) is 6.01. The molecular weight excluding hydrogens is 311 g/mol. The van der Waals surface area contributed by atoms with Gasteiger partial charge >= 0.3 is 0 Å². The molecule has 0 unspecified atom stereocenters. The molecule has 6 heteroatoms. The van der Waals surface area contributed by atoms with E-state index in [4.69, 9.17) is 0 Å². The third-order valence-electron chi connectivity index (χ3n) is 2.72. The van der Waals surface area contributed by atoms with Gasteiger partial charge in [0.2, 0.25) is 0 Å². The van der Waals surface area contributed by atoms with Crippen LogP contribution < -0.4 is 10.6 Å². The Morgan fingerprint density at radius 2 is 2.00 bits per heavy atom. The maximum atomic E-state index is 13.8. The Labute approximate surface area is 119 Å². The molecule has 1 aromatic heterocycles. The highest BCUT2D eigenvalue weighted by Crippen LogP contribution is 2.26. The first kappa shape index (κ1) is 13.7. The Hall–Kier alpha value is -1.69. The molecule has 0 radical (unpaired) electrons. The highest BCUT2D eigenvalue weighted by Gasteiger charge is 2.11. The maximum Gasteiger partial charge on any atom is 0.147 e. The predicted octanol–water partition coefficient (Wildman–Crippen LogP) is 3.73. The number of hydrogen-bond donors (Lipinski definition) is 2. The van der Waals surface area contributed by atoms with E-state index in [1.165, 1.54) is 12.4 Å². The molecule has 2 rings (SSSR count). The minimum absolute atomic E-state index is 0.332. The zero-order valence-electron chi connectivity index (χ0n) is 10.7. The van der Waals surface area contributed by atoms with Crippen LogP contribution in [0.2, 0.25) is 0 Å². The van der Waals surface area contributed by atoms with Gasteiger partial charge in [-0.25, -0.2) is 14.4 Å². The van der Waals surface area contributed by atoms with E-state index in [-0.39, 0.29) is 5.82 Å². The number of hydrogen-bond acceptors (Lipinski definition) is 4. The van der Waals surface area contributed by atoms with Crippen molar-refractivity contribution in [1.29, 1.82) is 0 Å². The van der Waals surface area contributed by atoms with Crippen LogP contribution in [0.5, 0.6) is 0 Å². The van der Waals surface area contributed by atoms with Gasteiger partial charge in [0.25, 0.3) is 0 Å². The summed E-state index contributed by atoms with van der Waals surface area (Å²) in [6.07, 6.45) is 2.20. The first-order chi connectivity index (χ1) is 9.15. The fourth-order valence-corrected chi connectivity index (χ4v) is 2.12. The zero-order chi connectivity index (χ0) is 13.8. The molecule has 2 N–H and O–H groups in total. The number of nitrogens with zero attached hydrogens (tertiary/aromatic N) is 2. The van der Waals surface area contributed by atoms with Crippen LogP contribution in [-0.2, 0) is 6.42 Å². The molecule has 0 amide bonds. The molecule has 0 bridgehead atoms. The lowest BCUT2D eigenvalue weighted by Crippen LogP contribution is -2.05. The molecule has 0 fully saturated rings. The van der Waals surface area contributed by atoms with E-state index in [9.17, 15) is 4.39 Å². The van der Waals surface area contributed by atoms with E-state index in [1.807, 2.05) is 6.92 Å². The number of rotatable bonds is 4. The van der Waals surface area contributed by atoms with Crippen molar-refractivity contribution >= 4 is 33.3 Å². The Bertz CT molecular complexity index is 589. The molecule has 0 aliphatic carbocycles. The summed E-state index contributed by atoms with van der Waals surface area (Å²) in [4.78, 5) is 8.32. The van der Waals surface area contributed by atoms with Crippen LogP contribution in [-0.4, -0.2) is 17.0 Å². The van der Waals surface area contributed by atoms with Crippen molar-refractivity contribution in [2.45, 2.75) is 13.3 Å². The smallest absolute Gasteiger partial charge is 0.147 e. The third-order valence-corrected chi connectivity index (χ3v) is 3.21. The Morgan fingerprint density at radius 3 is 2.63 bits per heavy atom. The molecule has 0 aliphatic heterocycles. The number of aromatic nitrogens is 2. The van der Waals surface area contributed by atoms with Gasteiger partial charge in [0.15, 0.2) is 0 Å². The van der Waals surface area contributed by atoms with Crippen molar-refractivity contribution in [3.8, 4) is 0 Å². The highest BCUT2D eigenvalue weighted by atomic mass is 79.9. The molecule has 1 aromatic carbocycles. The van der Waals surface area contributed by atoms with Gasteiger partial charge in [-0.2, -0.15) is 0 Å². The van der Waals surface area contributed by atoms with Crippen LogP contribution in [0, 0.1) is 5.82 Å². The van der Waals surface area contributed by atoms with Gasteiger partial charge in [-0.3, -0.25) is 0 Å². The van der Waals surface area contributed by atoms with Crippen molar-refractivity contribution in [1.82, 2.24) is 9.97 Å². The monoisotopic (exact) mass is 324 g/mol. The third kappa shape index (κ3) is 3.01. The predicted molar refractivity (Wildman–Crippen MR) is 78.3 cm³/mol. The Kier molecular flexibility index (Phi) is 4.31. The average molecular weight is 325 g/mol. The lowest BCUT2D eigenvalue weighted by molar-refractivity contribution is 0.631. The summed E-state index contributed by atoms with van der Waals surface area (Å²) in [6.45, 7) is 2.00. The van der Waals surface area contributed by atoms with Gasteiger partial charge in [-0.1, -0.05) is 22.9 Å². The molecule has 0 aliphatic rings. The van der Waals surface area contributed by atoms with Crippen molar-refractivity contribution in [2.75, 3.05) is 17.7 Å². The van der Waals surface area contributed by atoms with Crippen molar-refractivity contribution < 1.29 is 4.39 Å². The lowest BCUT2D eigenvalue weighted by atomic mass is 10.2. The van der Waals surface area contributed by atoms with E-state index in [2.05, 4.69) is 36.5 Å². The molecule has 100 valence electrons. The number of halogens is 2. The fourth-order valence-electron chi connectivity index (χ4n) is 1.79. The molecule has 19 heavy (non-hydrogen) atoms. The molecule has 0 saturated carbocycles. The second-order valence-electron chi connectivity index (χ2n) is 3.90. The van der Waals surface area contributed by atoms with Gasteiger partial charge in [0.05, 0.1) is 5.69 Å². The average Bonchev–Trinajstić information content (AvgIpc) is 2.41. The van der Waals surface area contributed by atoms with Crippen molar-refractivity contribution in [2.24, 2.45) is 0 Å². The summed E-state index contributed by atoms with van der Waals surface area (Å²) in [5.74, 6) is 1.03. The van der Waals surface area contributed by atoms with E-state index in [1.54, 1.807) is 19.2 Å². The highest BCUT2D eigenvalue weighted by molar-refractivity contribution is 9.10. The second kappa shape index (κ2) is 5.97. The topological polar surface area (TPSA) is 49.8 Å². The number of nitrogens with one attached hydrogen (secondary N) is 2. The van der Waals surface area contributed by atoms with Crippen LogP contribution in [0.4, 0.5) is 21.7 Å². The molecule has 2 aromatic rings. The van der Waals surface area contributed by atoms with Gasteiger partial charge in [0, 0.05) is 17.1 Å². The molecule has 0 spiro atoms. The largest absolute Gasteiger partial charge is 0.373 e. The van der Waals surface area contributed by atoms with Gasteiger partial charge in [-0.15, -0.1) is 0 Å². The molecule has 0 atom stereocenters. The number of benzene rings is 1. The molecule has 4 nitrogen and oxygen atoms in total. The molecular formula is C13H14BrFN4. The summed E-state index contributed by atoms with van der Waals surface area (Å²) in [5.41, 5.74) is 1.31. The summed E-state index contributed by atoms with van der Waals surface area (Å²) >= 11 is 3.23. The summed E-state index contributed by atoms with van der Waals surface area (Å²) in [7, 11) is 1.80. The van der Waals surface area contributed by atoms with Gasteiger partial charge in [-0.05, 0) is 24.6 Å². The minimum Gasteiger partial charge on any atom is -0.373 e. The summed E-state index contributed by atoms with van der Waals surface area (Å²) < 4.78 is 14.5. The fraction of sp³-hybridized carbons (Fsp3) is 0.231. The zero-order valence-corrected chi connectivity index (χ0v) is 12.3. The number of anilines is 3. The summed E-state index contributed by atoms with van der Waals surface area (Å²) in [6, 6.07) is 4.85. The Balaban J connectivity index is 2.37. The quantitative estimate of drug-likeness (QED) is 0.899.